The van der Waals surface area contributed by atoms with Crippen molar-refractivity contribution in [2.75, 3.05) is 12.3 Å². The van der Waals surface area contributed by atoms with Gasteiger partial charge in [-0.25, -0.2) is 0 Å². The van der Waals surface area contributed by atoms with Crippen molar-refractivity contribution < 1.29 is 5.11 Å². The molecule has 1 unspecified atom stereocenters. The Labute approximate surface area is 93.5 Å². The number of hydrogen-bond acceptors (Lipinski definition) is 3. The van der Waals surface area contributed by atoms with E-state index in [0.29, 0.717) is 10.7 Å². The number of aryl methyl sites for hydroxylation is 1. The summed E-state index contributed by atoms with van der Waals surface area (Å²) in [6, 6.07) is 3.71. The van der Waals surface area contributed by atoms with Crippen LogP contribution in [0.25, 0.3) is 0 Å². The second kappa shape index (κ2) is 4.91. The van der Waals surface area contributed by atoms with Crippen molar-refractivity contribution in [3.05, 3.63) is 22.7 Å². The van der Waals surface area contributed by atoms with Crippen LogP contribution in [0.4, 0.5) is 5.69 Å². The Morgan fingerprint density at radius 1 is 1.57 bits per heavy atom. The predicted octanol–water partition coefficient (Wildman–Crippen LogP) is 2.70. The zero-order valence-corrected chi connectivity index (χ0v) is 9.82. The minimum atomic E-state index is 0.159. The summed E-state index contributed by atoms with van der Waals surface area (Å²) in [5.74, 6) is 0. The van der Waals surface area contributed by atoms with Crippen LogP contribution in [0.2, 0.25) is 5.02 Å². The molecule has 0 aliphatic rings. The first-order valence-electron chi connectivity index (χ1n) is 4.37. The van der Waals surface area contributed by atoms with Gasteiger partial charge >= 0.3 is 0 Å². The zero-order valence-electron chi connectivity index (χ0n) is 8.25. The normalized spacial score (nSPS) is 12.9. The van der Waals surface area contributed by atoms with E-state index < -0.39 is 0 Å². The van der Waals surface area contributed by atoms with Crippen LogP contribution >= 0.6 is 23.4 Å². The van der Waals surface area contributed by atoms with E-state index in [4.69, 9.17) is 22.4 Å². The Hall–Kier alpha value is -0.380. The van der Waals surface area contributed by atoms with Crippen LogP contribution in [0.15, 0.2) is 17.0 Å². The Bertz CT molecular complexity index is 330. The minimum absolute atomic E-state index is 0.159. The van der Waals surface area contributed by atoms with E-state index in [1.807, 2.05) is 26.0 Å². The Morgan fingerprint density at radius 2 is 2.21 bits per heavy atom. The number of halogens is 1. The lowest BCUT2D eigenvalue weighted by molar-refractivity contribution is 0.300. The van der Waals surface area contributed by atoms with Crippen LogP contribution in [0.1, 0.15) is 12.5 Å². The third kappa shape index (κ3) is 2.80. The smallest absolute Gasteiger partial charge is 0.0646 e. The van der Waals surface area contributed by atoms with Gasteiger partial charge in [-0.2, -0.15) is 0 Å². The van der Waals surface area contributed by atoms with Gasteiger partial charge in [0.05, 0.1) is 17.3 Å². The van der Waals surface area contributed by atoms with Gasteiger partial charge in [0.2, 0.25) is 0 Å². The Kier molecular flexibility index (Phi) is 4.11. The second-order valence-electron chi connectivity index (χ2n) is 3.25. The number of nitrogen functional groups attached to an aromatic ring is 1. The van der Waals surface area contributed by atoms with E-state index in [1.165, 1.54) is 0 Å². The summed E-state index contributed by atoms with van der Waals surface area (Å²) < 4.78 is 0. The lowest BCUT2D eigenvalue weighted by Gasteiger charge is -2.11. The SMILES string of the molecule is Cc1cc(N)c(Cl)cc1SC(C)CO. The van der Waals surface area contributed by atoms with Crippen molar-refractivity contribution in [2.24, 2.45) is 0 Å². The molecule has 2 nitrogen and oxygen atoms in total. The molecule has 3 N–H and O–H groups in total. The molecule has 0 heterocycles. The van der Waals surface area contributed by atoms with Crippen LogP contribution in [-0.2, 0) is 0 Å². The van der Waals surface area contributed by atoms with E-state index in [9.17, 15) is 0 Å². The molecule has 1 aromatic carbocycles. The molecule has 0 bridgehead atoms. The fraction of sp³-hybridized carbons (Fsp3) is 0.400. The molecular formula is C10H14ClNOS. The van der Waals surface area contributed by atoms with Gasteiger partial charge in [0, 0.05) is 10.1 Å². The lowest BCUT2D eigenvalue weighted by Crippen LogP contribution is -2.02. The fourth-order valence-electron chi connectivity index (χ4n) is 1.07. The summed E-state index contributed by atoms with van der Waals surface area (Å²) in [7, 11) is 0. The first-order chi connectivity index (χ1) is 6.54. The summed E-state index contributed by atoms with van der Waals surface area (Å²) in [6.07, 6.45) is 0. The lowest BCUT2D eigenvalue weighted by atomic mass is 10.2. The molecule has 14 heavy (non-hydrogen) atoms. The number of nitrogens with two attached hydrogens (primary N) is 1. The molecule has 78 valence electrons. The molecule has 0 radical (unpaired) electrons. The van der Waals surface area contributed by atoms with Crippen molar-refractivity contribution in [2.45, 2.75) is 24.0 Å². The second-order valence-corrected chi connectivity index (χ2v) is 5.14. The number of aliphatic hydroxyl groups is 1. The number of rotatable bonds is 3. The molecule has 4 heteroatoms. The average Bonchev–Trinajstić information content (AvgIpc) is 2.14. The highest BCUT2D eigenvalue weighted by Crippen LogP contribution is 2.32. The zero-order chi connectivity index (χ0) is 10.7. The molecule has 0 aliphatic carbocycles. The van der Waals surface area contributed by atoms with Gasteiger partial charge < -0.3 is 10.8 Å². The van der Waals surface area contributed by atoms with Gasteiger partial charge in [-0.15, -0.1) is 11.8 Å². The number of hydrogen-bond donors (Lipinski definition) is 2. The molecule has 1 aromatic rings. The van der Waals surface area contributed by atoms with Gasteiger partial charge in [-0.05, 0) is 24.6 Å². The number of anilines is 1. The maximum atomic E-state index is 8.93. The van der Waals surface area contributed by atoms with Crippen LogP contribution in [0, 0.1) is 6.92 Å². The molecule has 0 spiro atoms. The third-order valence-electron chi connectivity index (χ3n) is 1.88. The van der Waals surface area contributed by atoms with Crippen LogP contribution in [0.3, 0.4) is 0 Å². The molecular weight excluding hydrogens is 218 g/mol. The molecule has 0 fully saturated rings. The Balaban J connectivity index is 2.92. The summed E-state index contributed by atoms with van der Waals surface area (Å²) >= 11 is 7.51. The molecule has 0 aliphatic heterocycles. The largest absolute Gasteiger partial charge is 0.398 e. The van der Waals surface area contributed by atoms with Crippen molar-refractivity contribution in [1.82, 2.24) is 0 Å². The summed E-state index contributed by atoms with van der Waals surface area (Å²) in [5.41, 5.74) is 7.36. The number of thioether (sulfide) groups is 1. The highest BCUT2D eigenvalue weighted by Gasteiger charge is 2.08. The molecule has 0 aromatic heterocycles. The van der Waals surface area contributed by atoms with Crippen LogP contribution in [-0.4, -0.2) is 17.0 Å². The van der Waals surface area contributed by atoms with Gasteiger partial charge in [0.1, 0.15) is 0 Å². The van der Waals surface area contributed by atoms with E-state index in [-0.39, 0.29) is 11.9 Å². The van der Waals surface area contributed by atoms with Gasteiger partial charge in [0.25, 0.3) is 0 Å². The highest BCUT2D eigenvalue weighted by molar-refractivity contribution is 8.00. The van der Waals surface area contributed by atoms with Crippen LogP contribution < -0.4 is 5.73 Å². The van der Waals surface area contributed by atoms with E-state index in [2.05, 4.69) is 0 Å². The van der Waals surface area contributed by atoms with E-state index >= 15 is 0 Å². The quantitative estimate of drug-likeness (QED) is 0.621. The predicted molar refractivity (Wildman–Crippen MR) is 63.0 cm³/mol. The summed E-state index contributed by atoms with van der Waals surface area (Å²) in [4.78, 5) is 1.07. The van der Waals surface area contributed by atoms with Crippen molar-refractivity contribution in [3.63, 3.8) is 0 Å². The first kappa shape index (κ1) is 11.7. The minimum Gasteiger partial charge on any atom is -0.398 e. The van der Waals surface area contributed by atoms with Crippen molar-refractivity contribution >= 4 is 29.1 Å². The van der Waals surface area contributed by atoms with E-state index in [1.54, 1.807) is 11.8 Å². The van der Waals surface area contributed by atoms with E-state index in [0.717, 1.165) is 10.5 Å². The molecule has 0 amide bonds. The van der Waals surface area contributed by atoms with Crippen molar-refractivity contribution in [1.29, 1.82) is 0 Å². The number of benzene rings is 1. The van der Waals surface area contributed by atoms with Gasteiger partial charge in [0.15, 0.2) is 0 Å². The number of aliphatic hydroxyl groups excluding tert-OH is 1. The first-order valence-corrected chi connectivity index (χ1v) is 5.63. The topological polar surface area (TPSA) is 46.2 Å². The van der Waals surface area contributed by atoms with Gasteiger partial charge in [-0.1, -0.05) is 18.5 Å². The highest BCUT2D eigenvalue weighted by atomic mass is 35.5. The fourth-order valence-corrected chi connectivity index (χ4v) is 2.23. The monoisotopic (exact) mass is 231 g/mol. The average molecular weight is 232 g/mol. The third-order valence-corrected chi connectivity index (χ3v) is 3.45. The molecule has 1 atom stereocenters. The van der Waals surface area contributed by atoms with Crippen LogP contribution in [0.5, 0.6) is 0 Å². The van der Waals surface area contributed by atoms with Gasteiger partial charge in [-0.3, -0.25) is 0 Å². The van der Waals surface area contributed by atoms with Crippen molar-refractivity contribution in [3.8, 4) is 0 Å². The maximum absolute atomic E-state index is 8.93. The molecule has 0 saturated carbocycles. The molecule has 0 saturated heterocycles. The Morgan fingerprint density at radius 3 is 2.79 bits per heavy atom. The maximum Gasteiger partial charge on any atom is 0.0646 e. The summed E-state index contributed by atoms with van der Waals surface area (Å²) in [5, 5.41) is 9.68. The molecule has 1 rings (SSSR count). The standard InChI is InChI=1S/C10H14ClNOS/c1-6-3-9(12)8(11)4-10(6)14-7(2)5-13/h3-4,7,13H,5,12H2,1-2H3. The summed E-state index contributed by atoms with van der Waals surface area (Å²) in [6.45, 7) is 4.11.